The number of aryl methyl sites for hydroxylation is 1. The minimum Gasteiger partial charge on any atom is -0.354 e. The summed E-state index contributed by atoms with van der Waals surface area (Å²) in [7, 11) is 0. The molecule has 1 fully saturated rings. The van der Waals surface area contributed by atoms with E-state index >= 15 is 0 Å². The molecule has 6 nitrogen and oxygen atoms in total. The van der Waals surface area contributed by atoms with Crippen molar-refractivity contribution in [2.24, 2.45) is 0 Å². The predicted molar refractivity (Wildman–Crippen MR) is 103 cm³/mol. The average Bonchev–Trinajstić information content (AvgIpc) is 2.68. The van der Waals surface area contributed by atoms with Crippen LogP contribution in [0.3, 0.4) is 0 Å². The van der Waals surface area contributed by atoms with E-state index in [9.17, 15) is 9.59 Å². The van der Waals surface area contributed by atoms with Gasteiger partial charge in [-0.2, -0.15) is 5.26 Å². The highest BCUT2D eigenvalue weighted by Gasteiger charge is 2.17. The van der Waals surface area contributed by atoms with E-state index in [2.05, 4.69) is 21.6 Å². The van der Waals surface area contributed by atoms with E-state index < -0.39 is 0 Å². The lowest BCUT2D eigenvalue weighted by Crippen LogP contribution is -2.47. The quantitative estimate of drug-likeness (QED) is 0.855. The maximum absolute atomic E-state index is 12.7. The lowest BCUT2D eigenvalue weighted by Gasteiger charge is -2.26. The Morgan fingerprint density at radius 2 is 2.15 bits per heavy atom. The summed E-state index contributed by atoms with van der Waals surface area (Å²) in [5.41, 5.74) is 3.79. The SMILES string of the molecule is CCc1cc(C#N)ccc1NC(=O)c1cccc(CN2CCNC(=O)C2)c1. The number of piperazine rings is 1. The third kappa shape index (κ3) is 4.72. The minimum absolute atomic E-state index is 0.0306. The number of hydrogen-bond donors (Lipinski definition) is 2. The second kappa shape index (κ2) is 8.47. The fourth-order valence-electron chi connectivity index (χ4n) is 3.17. The van der Waals surface area contributed by atoms with E-state index in [1.165, 1.54) is 0 Å². The first-order valence-corrected chi connectivity index (χ1v) is 9.01. The van der Waals surface area contributed by atoms with Gasteiger partial charge in [-0.15, -0.1) is 0 Å². The van der Waals surface area contributed by atoms with E-state index in [4.69, 9.17) is 5.26 Å². The van der Waals surface area contributed by atoms with Crippen molar-refractivity contribution in [1.82, 2.24) is 10.2 Å². The van der Waals surface area contributed by atoms with Crippen molar-refractivity contribution in [2.75, 3.05) is 25.0 Å². The molecule has 2 aromatic carbocycles. The lowest BCUT2D eigenvalue weighted by atomic mass is 10.1. The van der Waals surface area contributed by atoms with Crippen molar-refractivity contribution in [1.29, 1.82) is 5.26 Å². The molecule has 2 N–H and O–H groups in total. The van der Waals surface area contributed by atoms with Gasteiger partial charge < -0.3 is 10.6 Å². The second-order valence-corrected chi connectivity index (χ2v) is 6.55. The van der Waals surface area contributed by atoms with Crippen molar-refractivity contribution in [3.05, 3.63) is 64.7 Å². The van der Waals surface area contributed by atoms with Crippen LogP contribution < -0.4 is 10.6 Å². The number of benzene rings is 2. The summed E-state index contributed by atoms with van der Waals surface area (Å²) < 4.78 is 0. The van der Waals surface area contributed by atoms with Crippen LogP contribution in [0, 0.1) is 11.3 Å². The maximum atomic E-state index is 12.7. The fourth-order valence-corrected chi connectivity index (χ4v) is 3.17. The number of nitriles is 1. The van der Waals surface area contributed by atoms with Gasteiger partial charge in [0.2, 0.25) is 5.91 Å². The second-order valence-electron chi connectivity index (χ2n) is 6.55. The van der Waals surface area contributed by atoms with Crippen LogP contribution in [-0.4, -0.2) is 36.3 Å². The molecule has 1 aliphatic rings. The van der Waals surface area contributed by atoms with Crippen LogP contribution >= 0.6 is 0 Å². The third-order valence-corrected chi connectivity index (χ3v) is 4.58. The topological polar surface area (TPSA) is 85.2 Å². The standard InChI is InChI=1S/C21H22N4O2/c1-2-17-10-15(12-22)6-7-19(17)24-21(27)18-5-3-4-16(11-18)13-25-9-8-23-20(26)14-25/h3-7,10-11H,2,8-9,13-14H2,1H3,(H,23,26)(H,24,27). The fraction of sp³-hybridized carbons (Fsp3) is 0.286. The highest BCUT2D eigenvalue weighted by atomic mass is 16.2. The first-order chi connectivity index (χ1) is 13.1. The van der Waals surface area contributed by atoms with Crippen molar-refractivity contribution in [3.63, 3.8) is 0 Å². The summed E-state index contributed by atoms with van der Waals surface area (Å²) in [4.78, 5) is 26.3. The first kappa shape index (κ1) is 18.6. The Kier molecular flexibility index (Phi) is 5.84. The van der Waals surface area contributed by atoms with E-state index in [0.29, 0.717) is 30.8 Å². The van der Waals surface area contributed by atoms with Gasteiger partial charge in [-0.05, 0) is 47.9 Å². The minimum atomic E-state index is -0.187. The molecule has 0 aliphatic carbocycles. The molecule has 0 bridgehead atoms. The van der Waals surface area contributed by atoms with Crippen LogP contribution in [0.15, 0.2) is 42.5 Å². The van der Waals surface area contributed by atoms with Crippen LogP contribution in [0.4, 0.5) is 5.69 Å². The molecule has 3 rings (SSSR count). The van der Waals surface area contributed by atoms with Crippen molar-refractivity contribution in [2.45, 2.75) is 19.9 Å². The number of nitrogens with one attached hydrogen (secondary N) is 2. The van der Waals surface area contributed by atoms with Gasteiger partial charge in [-0.1, -0.05) is 19.1 Å². The Labute approximate surface area is 158 Å². The monoisotopic (exact) mass is 362 g/mol. The normalized spacial score (nSPS) is 14.3. The number of rotatable bonds is 5. The molecule has 27 heavy (non-hydrogen) atoms. The van der Waals surface area contributed by atoms with Crippen molar-refractivity contribution < 1.29 is 9.59 Å². The molecule has 2 amide bonds. The largest absolute Gasteiger partial charge is 0.354 e. The van der Waals surface area contributed by atoms with Gasteiger partial charge in [0.05, 0.1) is 18.2 Å². The number of nitrogens with zero attached hydrogens (tertiary/aromatic N) is 2. The Balaban J connectivity index is 1.72. The van der Waals surface area contributed by atoms with E-state index in [1.54, 1.807) is 24.3 Å². The molecule has 138 valence electrons. The zero-order chi connectivity index (χ0) is 19.2. The molecule has 1 heterocycles. The van der Waals surface area contributed by atoms with E-state index in [-0.39, 0.29) is 11.8 Å². The van der Waals surface area contributed by atoms with Crippen molar-refractivity contribution in [3.8, 4) is 6.07 Å². The summed E-state index contributed by atoms with van der Waals surface area (Å²) in [5.74, 6) is -0.157. The molecule has 1 aliphatic heterocycles. The molecular weight excluding hydrogens is 340 g/mol. The molecule has 0 aromatic heterocycles. The molecule has 0 atom stereocenters. The van der Waals surface area contributed by atoms with Gasteiger partial charge in [0, 0.05) is 30.9 Å². The predicted octanol–water partition coefficient (Wildman–Crippen LogP) is 2.30. The van der Waals surface area contributed by atoms with Crippen LogP contribution in [0.25, 0.3) is 0 Å². The molecule has 0 saturated carbocycles. The highest BCUT2D eigenvalue weighted by molar-refractivity contribution is 6.04. The molecule has 0 unspecified atom stereocenters. The van der Waals surface area contributed by atoms with Crippen LogP contribution in [0.5, 0.6) is 0 Å². The Morgan fingerprint density at radius 3 is 2.89 bits per heavy atom. The number of carbonyl (C=O) groups excluding carboxylic acids is 2. The molecule has 0 spiro atoms. The van der Waals surface area contributed by atoms with E-state index in [0.717, 1.165) is 29.8 Å². The summed E-state index contributed by atoms with van der Waals surface area (Å²) in [6, 6.07) is 14.8. The average molecular weight is 362 g/mol. The van der Waals surface area contributed by atoms with Gasteiger partial charge in [0.25, 0.3) is 5.91 Å². The number of anilines is 1. The summed E-state index contributed by atoms with van der Waals surface area (Å²) in [6.45, 7) is 4.44. The zero-order valence-corrected chi connectivity index (χ0v) is 15.3. The van der Waals surface area contributed by atoms with Gasteiger partial charge in [0.1, 0.15) is 0 Å². The Bertz CT molecular complexity index is 901. The van der Waals surface area contributed by atoms with Gasteiger partial charge in [-0.25, -0.2) is 0 Å². The highest BCUT2D eigenvalue weighted by Crippen LogP contribution is 2.19. The molecule has 1 saturated heterocycles. The summed E-state index contributed by atoms with van der Waals surface area (Å²) in [6.07, 6.45) is 0.724. The van der Waals surface area contributed by atoms with Crippen molar-refractivity contribution >= 4 is 17.5 Å². The van der Waals surface area contributed by atoms with Gasteiger partial charge in [-0.3, -0.25) is 14.5 Å². The Morgan fingerprint density at radius 1 is 1.30 bits per heavy atom. The maximum Gasteiger partial charge on any atom is 0.255 e. The Hall–Kier alpha value is -3.17. The molecule has 2 aromatic rings. The summed E-state index contributed by atoms with van der Waals surface area (Å²) >= 11 is 0. The zero-order valence-electron chi connectivity index (χ0n) is 15.3. The number of amides is 2. The van der Waals surface area contributed by atoms with Crippen LogP contribution in [0.1, 0.15) is 34.0 Å². The molecular formula is C21H22N4O2. The summed E-state index contributed by atoms with van der Waals surface area (Å²) in [5, 5.41) is 14.8. The van der Waals surface area contributed by atoms with Gasteiger partial charge >= 0.3 is 0 Å². The third-order valence-electron chi connectivity index (χ3n) is 4.58. The van der Waals surface area contributed by atoms with Gasteiger partial charge in [0.15, 0.2) is 0 Å². The molecule has 6 heteroatoms. The number of carbonyl (C=O) groups is 2. The lowest BCUT2D eigenvalue weighted by molar-refractivity contribution is -0.124. The number of hydrogen-bond acceptors (Lipinski definition) is 4. The van der Waals surface area contributed by atoms with E-state index in [1.807, 2.05) is 25.1 Å². The van der Waals surface area contributed by atoms with Crippen LogP contribution in [-0.2, 0) is 17.8 Å². The molecule has 0 radical (unpaired) electrons. The smallest absolute Gasteiger partial charge is 0.255 e. The van der Waals surface area contributed by atoms with Crippen LogP contribution in [0.2, 0.25) is 0 Å². The first-order valence-electron chi connectivity index (χ1n) is 9.01.